The Morgan fingerprint density at radius 1 is 0.560 bits per heavy atom. The average molecular weight is 381 g/mol. The summed E-state index contributed by atoms with van der Waals surface area (Å²) in [6.45, 7) is 3.82. The van der Waals surface area contributed by atoms with Gasteiger partial charge in [-0.3, -0.25) is 0 Å². The fourth-order valence-electron chi connectivity index (χ4n) is 2.49. The molecule has 6 heteroatoms. The fraction of sp³-hybridized carbons (Fsp3) is 0.368. The van der Waals surface area contributed by atoms with Crippen LogP contribution in [-0.4, -0.2) is 28.3 Å². The Morgan fingerprint density at radius 3 is 1.20 bits per heavy atom. The number of hydrogen-bond donors (Lipinski definition) is 0. The van der Waals surface area contributed by atoms with E-state index < -0.39 is 19.7 Å². The van der Waals surface area contributed by atoms with Crippen LogP contribution in [-0.2, 0) is 19.7 Å². The Morgan fingerprint density at radius 2 is 0.880 bits per heavy atom. The summed E-state index contributed by atoms with van der Waals surface area (Å²) >= 11 is 0. The van der Waals surface area contributed by atoms with E-state index in [1.165, 1.54) is 0 Å². The molecule has 136 valence electrons. The van der Waals surface area contributed by atoms with Crippen molar-refractivity contribution in [3.63, 3.8) is 0 Å². The molecule has 0 fully saturated rings. The van der Waals surface area contributed by atoms with Crippen LogP contribution in [0.3, 0.4) is 0 Å². The second kappa shape index (κ2) is 8.15. The van der Waals surface area contributed by atoms with Gasteiger partial charge in [-0.15, -0.1) is 0 Å². The molecule has 0 saturated carbocycles. The highest BCUT2D eigenvalue weighted by Gasteiger charge is 2.16. The fourth-order valence-corrected chi connectivity index (χ4v) is 5.23. The van der Waals surface area contributed by atoms with Gasteiger partial charge in [0.15, 0.2) is 19.7 Å². The summed E-state index contributed by atoms with van der Waals surface area (Å²) in [5.41, 5.74) is 2.03. The van der Waals surface area contributed by atoms with Gasteiger partial charge in [0.1, 0.15) is 0 Å². The SMILES string of the molecule is Cc1ccc(S(=O)(=O)CCCCCS(=O)(=O)c2ccc(C)cc2)cc1. The van der Waals surface area contributed by atoms with Crippen molar-refractivity contribution in [3.05, 3.63) is 59.7 Å². The maximum atomic E-state index is 12.2. The number of unbranched alkanes of at least 4 members (excludes halogenated alkanes) is 2. The van der Waals surface area contributed by atoms with Crippen LogP contribution in [0.2, 0.25) is 0 Å². The molecule has 0 aliphatic heterocycles. The quantitative estimate of drug-likeness (QED) is 0.655. The highest BCUT2D eigenvalue weighted by Crippen LogP contribution is 2.16. The highest BCUT2D eigenvalue weighted by molar-refractivity contribution is 7.91. The van der Waals surface area contributed by atoms with E-state index in [1.54, 1.807) is 48.5 Å². The van der Waals surface area contributed by atoms with E-state index in [2.05, 4.69) is 0 Å². The molecule has 0 atom stereocenters. The van der Waals surface area contributed by atoms with E-state index in [9.17, 15) is 16.8 Å². The summed E-state index contributed by atoms with van der Waals surface area (Å²) in [6, 6.07) is 13.6. The lowest BCUT2D eigenvalue weighted by atomic mass is 10.2. The smallest absolute Gasteiger partial charge is 0.178 e. The maximum absolute atomic E-state index is 12.2. The first kappa shape index (κ1) is 19.7. The van der Waals surface area contributed by atoms with Gasteiger partial charge in [-0.1, -0.05) is 41.8 Å². The zero-order chi connectivity index (χ0) is 18.5. The first-order chi connectivity index (χ1) is 11.7. The van der Waals surface area contributed by atoms with Crippen molar-refractivity contribution in [2.45, 2.75) is 42.9 Å². The molecule has 4 nitrogen and oxygen atoms in total. The van der Waals surface area contributed by atoms with Crippen molar-refractivity contribution in [1.82, 2.24) is 0 Å². The van der Waals surface area contributed by atoms with Gasteiger partial charge in [-0.2, -0.15) is 0 Å². The molecule has 0 aromatic heterocycles. The van der Waals surface area contributed by atoms with E-state index in [1.807, 2.05) is 13.8 Å². The molecule has 0 spiro atoms. The number of sulfone groups is 2. The van der Waals surface area contributed by atoms with Crippen LogP contribution in [0.4, 0.5) is 0 Å². The van der Waals surface area contributed by atoms with Crippen molar-refractivity contribution >= 4 is 19.7 Å². The van der Waals surface area contributed by atoms with Crippen molar-refractivity contribution < 1.29 is 16.8 Å². The monoisotopic (exact) mass is 380 g/mol. The molecule has 0 heterocycles. The Bertz CT molecular complexity index is 817. The van der Waals surface area contributed by atoms with Gasteiger partial charge in [-0.25, -0.2) is 16.8 Å². The molecule has 25 heavy (non-hydrogen) atoms. The average Bonchev–Trinajstić information content (AvgIpc) is 2.55. The lowest BCUT2D eigenvalue weighted by molar-refractivity contribution is 0.587. The van der Waals surface area contributed by atoms with Gasteiger partial charge in [0.05, 0.1) is 21.3 Å². The zero-order valence-corrected chi connectivity index (χ0v) is 16.2. The Labute approximate surface area is 150 Å². The third kappa shape index (κ3) is 5.68. The molecule has 0 saturated heterocycles. The minimum absolute atomic E-state index is 0.0423. The molecule has 0 aliphatic rings. The van der Waals surface area contributed by atoms with Gasteiger partial charge in [-0.05, 0) is 51.0 Å². The lowest BCUT2D eigenvalue weighted by Gasteiger charge is -2.06. The van der Waals surface area contributed by atoms with Gasteiger partial charge in [0.25, 0.3) is 0 Å². The Kier molecular flexibility index (Phi) is 6.41. The summed E-state index contributed by atoms with van der Waals surface area (Å²) in [4.78, 5) is 0.649. The lowest BCUT2D eigenvalue weighted by Crippen LogP contribution is -2.09. The predicted octanol–water partition coefficient (Wildman–Crippen LogP) is 3.72. The van der Waals surface area contributed by atoms with Crippen LogP contribution >= 0.6 is 0 Å². The van der Waals surface area contributed by atoms with E-state index in [0.29, 0.717) is 29.1 Å². The molecular formula is C19H24O4S2. The summed E-state index contributed by atoms with van der Waals surface area (Å²) in [5, 5.41) is 0. The molecule has 0 N–H and O–H groups in total. The van der Waals surface area contributed by atoms with Crippen LogP contribution in [0.1, 0.15) is 30.4 Å². The molecule has 2 aromatic rings. The Balaban J connectivity index is 1.83. The predicted molar refractivity (Wildman–Crippen MR) is 100 cm³/mol. The molecule has 2 rings (SSSR count). The Hall–Kier alpha value is -1.66. The van der Waals surface area contributed by atoms with Crippen molar-refractivity contribution in [1.29, 1.82) is 0 Å². The molecule has 0 bridgehead atoms. The molecule has 0 amide bonds. The molecule has 0 unspecified atom stereocenters. The van der Waals surface area contributed by atoms with Crippen molar-refractivity contribution in [2.24, 2.45) is 0 Å². The standard InChI is InChI=1S/C19H24O4S2/c1-16-6-10-18(11-7-16)24(20,21)14-4-3-5-15-25(22,23)19-12-8-17(2)9-13-19/h6-13H,3-5,14-15H2,1-2H3. The van der Waals surface area contributed by atoms with E-state index >= 15 is 0 Å². The normalized spacial score (nSPS) is 12.2. The first-order valence-corrected chi connectivity index (χ1v) is 11.6. The van der Waals surface area contributed by atoms with Crippen molar-refractivity contribution in [2.75, 3.05) is 11.5 Å². The van der Waals surface area contributed by atoms with E-state index in [4.69, 9.17) is 0 Å². The summed E-state index contributed by atoms with van der Waals surface area (Å²) in [6.07, 6.45) is 1.48. The molecule has 0 radical (unpaired) electrons. The largest absolute Gasteiger partial charge is 0.224 e. The maximum Gasteiger partial charge on any atom is 0.178 e. The number of rotatable bonds is 8. The van der Waals surface area contributed by atoms with Crippen LogP contribution < -0.4 is 0 Å². The second-order valence-electron chi connectivity index (χ2n) is 6.32. The van der Waals surface area contributed by atoms with E-state index in [0.717, 1.165) is 11.1 Å². The third-order valence-corrected chi connectivity index (χ3v) is 7.72. The van der Waals surface area contributed by atoms with Gasteiger partial charge in [0, 0.05) is 0 Å². The summed E-state index contributed by atoms with van der Waals surface area (Å²) < 4.78 is 49.0. The van der Waals surface area contributed by atoms with E-state index in [-0.39, 0.29) is 11.5 Å². The summed E-state index contributed by atoms with van der Waals surface area (Å²) in [5.74, 6) is 0.0846. The molecule has 0 aliphatic carbocycles. The van der Waals surface area contributed by atoms with Crippen molar-refractivity contribution in [3.8, 4) is 0 Å². The minimum atomic E-state index is -3.30. The second-order valence-corrected chi connectivity index (χ2v) is 10.5. The molecule has 2 aromatic carbocycles. The first-order valence-electron chi connectivity index (χ1n) is 8.29. The highest BCUT2D eigenvalue weighted by atomic mass is 32.2. The number of aryl methyl sites for hydroxylation is 2. The minimum Gasteiger partial charge on any atom is -0.224 e. The number of hydrogen-bond acceptors (Lipinski definition) is 4. The van der Waals surface area contributed by atoms with Gasteiger partial charge < -0.3 is 0 Å². The third-order valence-electron chi connectivity index (χ3n) is 4.09. The topological polar surface area (TPSA) is 68.3 Å². The zero-order valence-electron chi connectivity index (χ0n) is 14.6. The van der Waals surface area contributed by atoms with Crippen LogP contribution in [0, 0.1) is 13.8 Å². The van der Waals surface area contributed by atoms with Crippen LogP contribution in [0.25, 0.3) is 0 Å². The molecular weight excluding hydrogens is 356 g/mol. The van der Waals surface area contributed by atoms with Crippen LogP contribution in [0.15, 0.2) is 58.3 Å². The number of benzene rings is 2. The van der Waals surface area contributed by atoms with Crippen LogP contribution in [0.5, 0.6) is 0 Å². The summed E-state index contributed by atoms with van der Waals surface area (Å²) in [7, 11) is -6.60. The van der Waals surface area contributed by atoms with Gasteiger partial charge >= 0.3 is 0 Å². The van der Waals surface area contributed by atoms with Gasteiger partial charge in [0.2, 0.25) is 0 Å².